The molecule has 0 bridgehead atoms. The van der Waals surface area contributed by atoms with E-state index in [4.69, 9.17) is 25.8 Å². The van der Waals surface area contributed by atoms with E-state index in [0.29, 0.717) is 22.0 Å². The van der Waals surface area contributed by atoms with E-state index < -0.39 is 5.97 Å². The van der Waals surface area contributed by atoms with Gasteiger partial charge < -0.3 is 14.2 Å². The molecule has 0 aromatic heterocycles. The van der Waals surface area contributed by atoms with Gasteiger partial charge in [-0.1, -0.05) is 23.4 Å². The number of fused-ring (bicyclic) bond motifs is 2. The number of carbonyl (C=O) groups excluding carboxylic acids is 2. The number of hydrogen-bond acceptors (Lipinski definition) is 6. The number of nitrogens with zero attached hydrogens (tertiary/aromatic N) is 1. The molecule has 1 amide bonds. The normalized spacial score (nSPS) is 12.1. The second-order valence-electron chi connectivity index (χ2n) is 5.45. The smallest absolute Gasteiger partial charge is 0.308 e. The highest BCUT2D eigenvalue weighted by Gasteiger charge is 2.32. The maximum Gasteiger partial charge on any atom is 0.308 e. The van der Waals surface area contributed by atoms with Crippen LogP contribution in [0.15, 0.2) is 34.1 Å². The lowest BCUT2D eigenvalue weighted by Gasteiger charge is -2.32. The Morgan fingerprint density at radius 3 is 2.38 bits per heavy atom. The summed E-state index contributed by atoms with van der Waals surface area (Å²) in [5, 5.41) is 0.208. The first-order chi connectivity index (χ1) is 12.4. The van der Waals surface area contributed by atoms with Gasteiger partial charge in [0.2, 0.25) is 5.91 Å². The Morgan fingerprint density at radius 1 is 1.08 bits per heavy atom. The monoisotopic (exact) mass is 393 g/mol. The lowest BCUT2D eigenvalue weighted by Crippen LogP contribution is -2.26. The molecular weight excluding hydrogens is 378 g/mol. The highest BCUT2D eigenvalue weighted by atomic mass is 35.5. The summed E-state index contributed by atoms with van der Waals surface area (Å²) in [6, 6.07) is 7.06. The molecule has 1 aliphatic rings. The zero-order chi connectivity index (χ0) is 19.0. The number of rotatable bonds is 3. The summed E-state index contributed by atoms with van der Waals surface area (Å²) in [5.74, 6) is 0.358. The van der Waals surface area contributed by atoms with Gasteiger partial charge in [0.25, 0.3) is 0 Å². The topological polar surface area (TPSA) is 65.1 Å². The van der Waals surface area contributed by atoms with Gasteiger partial charge in [-0.2, -0.15) is 0 Å². The Morgan fingerprint density at radius 2 is 1.81 bits per heavy atom. The van der Waals surface area contributed by atoms with E-state index in [1.54, 1.807) is 24.1 Å². The van der Waals surface area contributed by atoms with Gasteiger partial charge in [0.1, 0.15) is 10.8 Å². The number of ether oxygens (including phenoxy) is 3. The summed E-state index contributed by atoms with van der Waals surface area (Å²) in [6.45, 7) is 2.75. The first kappa shape index (κ1) is 18.4. The molecule has 0 aliphatic carbocycles. The highest BCUT2D eigenvalue weighted by molar-refractivity contribution is 8.00. The Bertz CT molecular complexity index is 915. The van der Waals surface area contributed by atoms with Crippen molar-refractivity contribution in [3.63, 3.8) is 0 Å². The minimum atomic E-state index is -0.517. The maximum atomic E-state index is 12.4. The number of carbonyl (C=O) groups is 2. The lowest BCUT2D eigenvalue weighted by molar-refractivity contribution is -0.132. The van der Waals surface area contributed by atoms with E-state index >= 15 is 0 Å². The first-order valence-corrected chi connectivity index (χ1v) is 8.82. The van der Waals surface area contributed by atoms with Gasteiger partial charge in [0.05, 0.1) is 30.5 Å². The average molecular weight is 394 g/mol. The van der Waals surface area contributed by atoms with Crippen LogP contribution in [0.3, 0.4) is 0 Å². The van der Waals surface area contributed by atoms with Gasteiger partial charge in [-0.3, -0.25) is 14.5 Å². The van der Waals surface area contributed by atoms with E-state index in [9.17, 15) is 9.59 Å². The molecule has 2 aromatic carbocycles. The minimum Gasteiger partial charge on any atom is -0.497 e. The molecule has 1 aliphatic heterocycles. The van der Waals surface area contributed by atoms with Gasteiger partial charge in [-0.25, -0.2) is 0 Å². The van der Waals surface area contributed by atoms with Crippen LogP contribution >= 0.6 is 23.4 Å². The molecule has 3 rings (SSSR count). The third-order valence-corrected chi connectivity index (χ3v) is 5.40. The predicted octanol–water partition coefficient (Wildman–Crippen LogP) is 4.43. The Kier molecular flexibility index (Phi) is 5.02. The summed E-state index contributed by atoms with van der Waals surface area (Å²) in [6.07, 6.45) is 0. The third-order valence-electron chi connectivity index (χ3n) is 3.76. The molecule has 1 heterocycles. The van der Waals surface area contributed by atoms with Crippen LogP contribution in [0.2, 0.25) is 5.02 Å². The second kappa shape index (κ2) is 7.09. The number of benzene rings is 2. The van der Waals surface area contributed by atoms with E-state index in [1.807, 2.05) is 12.1 Å². The molecule has 26 heavy (non-hydrogen) atoms. The number of methoxy groups -OCH3 is 2. The van der Waals surface area contributed by atoms with Gasteiger partial charge in [0, 0.05) is 24.8 Å². The van der Waals surface area contributed by atoms with Crippen LogP contribution in [0.1, 0.15) is 13.8 Å². The van der Waals surface area contributed by atoms with E-state index in [0.717, 1.165) is 4.90 Å². The van der Waals surface area contributed by atoms with Crippen molar-refractivity contribution in [2.24, 2.45) is 0 Å². The summed E-state index contributed by atoms with van der Waals surface area (Å²) >= 11 is 7.89. The van der Waals surface area contributed by atoms with E-state index in [-0.39, 0.29) is 22.4 Å². The van der Waals surface area contributed by atoms with Crippen molar-refractivity contribution in [1.82, 2.24) is 0 Å². The SMILES string of the molecule is COc1ccc2c(c1)Sc1c(cc(OC)c(OC(C)=O)c1Cl)N2C(C)=O. The molecule has 6 nitrogen and oxygen atoms in total. The Balaban J connectivity index is 2.25. The largest absolute Gasteiger partial charge is 0.497 e. The van der Waals surface area contributed by atoms with Crippen molar-refractivity contribution in [2.45, 2.75) is 23.6 Å². The highest BCUT2D eigenvalue weighted by Crippen LogP contribution is 2.56. The van der Waals surface area contributed by atoms with Crippen LogP contribution in [-0.4, -0.2) is 26.1 Å². The molecule has 0 N–H and O–H groups in total. The lowest BCUT2D eigenvalue weighted by atomic mass is 10.2. The fourth-order valence-electron chi connectivity index (χ4n) is 2.70. The summed E-state index contributed by atoms with van der Waals surface area (Å²) in [4.78, 5) is 26.7. The molecule has 0 radical (unpaired) electrons. The number of anilines is 2. The van der Waals surface area contributed by atoms with Gasteiger partial charge >= 0.3 is 5.97 Å². The minimum absolute atomic E-state index is 0.128. The van der Waals surface area contributed by atoms with E-state index in [1.165, 1.54) is 32.7 Å². The number of amides is 1. The molecule has 0 unspecified atom stereocenters. The Hall–Kier alpha value is -2.38. The summed E-state index contributed by atoms with van der Waals surface area (Å²) < 4.78 is 15.8. The molecule has 0 atom stereocenters. The van der Waals surface area contributed by atoms with Crippen molar-refractivity contribution < 1.29 is 23.8 Å². The molecule has 0 spiro atoms. The van der Waals surface area contributed by atoms with Crippen molar-refractivity contribution in [3.8, 4) is 17.2 Å². The fraction of sp³-hybridized carbons (Fsp3) is 0.222. The molecule has 136 valence electrons. The first-order valence-electron chi connectivity index (χ1n) is 7.62. The average Bonchev–Trinajstić information content (AvgIpc) is 2.61. The Labute approximate surface area is 160 Å². The third kappa shape index (κ3) is 3.08. The molecular formula is C18H16ClNO5S. The zero-order valence-electron chi connectivity index (χ0n) is 14.6. The van der Waals surface area contributed by atoms with Crippen molar-refractivity contribution >= 4 is 46.6 Å². The maximum absolute atomic E-state index is 12.4. The summed E-state index contributed by atoms with van der Waals surface area (Å²) in [7, 11) is 3.01. The van der Waals surface area contributed by atoms with Crippen LogP contribution in [0, 0.1) is 0 Å². The van der Waals surface area contributed by atoms with Gasteiger partial charge in [-0.15, -0.1) is 0 Å². The van der Waals surface area contributed by atoms with Crippen LogP contribution in [0.25, 0.3) is 0 Å². The van der Waals surface area contributed by atoms with E-state index in [2.05, 4.69) is 0 Å². The van der Waals surface area contributed by atoms with Crippen LogP contribution in [-0.2, 0) is 9.59 Å². The van der Waals surface area contributed by atoms with Crippen LogP contribution in [0.5, 0.6) is 17.2 Å². The van der Waals surface area contributed by atoms with Crippen molar-refractivity contribution in [3.05, 3.63) is 29.3 Å². The summed E-state index contributed by atoms with van der Waals surface area (Å²) in [5.41, 5.74) is 1.28. The molecule has 0 saturated heterocycles. The molecule has 0 saturated carbocycles. The quantitative estimate of drug-likeness (QED) is 0.567. The standard InChI is InChI=1S/C18H16ClNO5S/c1-9(21)20-12-6-5-11(23-3)7-15(12)26-18-13(20)8-14(24-4)17(16(18)19)25-10(2)22/h5-8H,1-4H3. The number of hydrogen-bond donors (Lipinski definition) is 0. The molecule has 0 fully saturated rings. The second-order valence-corrected chi connectivity index (χ2v) is 6.88. The zero-order valence-corrected chi connectivity index (χ0v) is 16.2. The predicted molar refractivity (Wildman–Crippen MR) is 99.3 cm³/mol. The number of esters is 1. The molecule has 8 heteroatoms. The fourth-order valence-corrected chi connectivity index (χ4v) is 4.14. The number of halogens is 1. The molecule has 2 aromatic rings. The van der Waals surface area contributed by atoms with Gasteiger partial charge in [-0.05, 0) is 18.2 Å². The van der Waals surface area contributed by atoms with Crippen molar-refractivity contribution in [1.29, 1.82) is 0 Å². The van der Waals surface area contributed by atoms with Gasteiger partial charge in [0.15, 0.2) is 11.5 Å². The van der Waals surface area contributed by atoms with Crippen LogP contribution < -0.4 is 19.1 Å². The van der Waals surface area contributed by atoms with Crippen LogP contribution in [0.4, 0.5) is 11.4 Å². The van der Waals surface area contributed by atoms with Crippen molar-refractivity contribution in [2.75, 3.05) is 19.1 Å².